The molecule has 0 aliphatic carbocycles. The summed E-state index contributed by atoms with van der Waals surface area (Å²) in [7, 11) is 3.35. The second-order valence-electron chi connectivity index (χ2n) is 4.19. The van der Waals surface area contributed by atoms with Crippen LogP contribution < -0.4 is 5.73 Å². The Labute approximate surface area is 107 Å². The molecule has 2 rings (SSSR count). The molecule has 4 heteroatoms. The maximum Gasteiger partial charge on any atom is 0.0885 e. The molecule has 18 heavy (non-hydrogen) atoms. The standard InChI is InChI=1S/C14H18N2O2/c1-17-7-6-10-4-3-5-12-13(15)8-11(9-18-2)16-14(10)12/h3-5,8H,6-7,9H2,1-2H3,(H2,15,16). The highest BCUT2D eigenvalue weighted by Gasteiger charge is 2.07. The molecule has 0 spiro atoms. The van der Waals surface area contributed by atoms with E-state index in [0.29, 0.717) is 13.2 Å². The van der Waals surface area contributed by atoms with E-state index in [0.717, 1.165) is 34.3 Å². The summed E-state index contributed by atoms with van der Waals surface area (Å²) in [4.78, 5) is 4.62. The Morgan fingerprint density at radius 1 is 1.22 bits per heavy atom. The molecule has 0 atom stereocenters. The van der Waals surface area contributed by atoms with E-state index in [1.807, 2.05) is 18.2 Å². The number of nitrogens with two attached hydrogens (primary N) is 1. The number of hydrogen-bond acceptors (Lipinski definition) is 4. The minimum Gasteiger partial charge on any atom is -0.398 e. The maximum absolute atomic E-state index is 6.06. The van der Waals surface area contributed by atoms with Crippen molar-refractivity contribution in [3.8, 4) is 0 Å². The molecular formula is C14H18N2O2. The fraction of sp³-hybridized carbons (Fsp3) is 0.357. The molecule has 1 heterocycles. The fourth-order valence-corrected chi connectivity index (χ4v) is 2.03. The number of benzene rings is 1. The highest BCUT2D eigenvalue weighted by atomic mass is 16.5. The molecular weight excluding hydrogens is 228 g/mol. The molecule has 0 aliphatic rings. The molecule has 0 radical (unpaired) electrons. The molecule has 2 N–H and O–H groups in total. The van der Waals surface area contributed by atoms with Gasteiger partial charge in [0.05, 0.1) is 24.4 Å². The van der Waals surface area contributed by atoms with Crippen LogP contribution in [0, 0.1) is 0 Å². The molecule has 1 aromatic heterocycles. The topological polar surface area (TPSA) is 57.4 Å². The Bertz CT molecular complexity index is 541. The zero-order valence-corrected chi connectivity index (χ0v) is 10.8. The molecule has 0 bridgehead atoms. The molecule has 0 fully saturated rings. The van der Waals surface area contributed by atoms with Gasteiger partial charge in [-0.15, -0.1) is 0 Å². The largest absolute Gasteiger partial charge is 0.398 e. The normalized spacial score (nSPS) is 11.0. The van der Waals surface area contributed by atoms with Crippen molar-refractivity contribution in [1.29, 1.82) is 0 Å². The number of fused-ring (bicyclic) bond motifs is 1. The van der Waals surface area contributed by atoms with Gasteiger partial charge in [0.2, 0.25) is 0 Å². The number of para-hydroxylation sites is 1. The molecule has 0 unspecified atom stereocenters. The van der Waals surface area contributed by atoms with Gasteiger partial charge in [-0.1, -0.05) is 18.2 Å². The van der Waals surface area contributed by atoms with Crippen molar-refractivity contribution in [1.82, 2.24) is 4.98 Å². The quantitative estimate of drug-likeness (QED) is 0.878. The molecule has 0 saturated heterocycles. The van der Waals surface area contributed by atoms with Gasteiger partial charge in [0.25, 0.3) is 0 Å². The van der Waals surface area contributed by atoms with E-state index < -0.39 is 0 Å². The van der Waals surface area contributed by atoms with E-state index in [2.05, 4.69) is 11.1 Å². The second kappa shape index (κ2) is 5.80. The number of anilines is 1. The lowest BCUT2D eigenvalue weighted by Gasteiger charge is -2.09. The molecule has 2 aromatic rings. The Kier molecular flexibility index (Phi) is 4.12. The predicted molar refractivity (Wildman–Crippen MR) is 72.4 cm³/mol. The number of ether oxygens (including phenoxy) is 2. The minimum absolute atomic E-state index is 0.471. The summed E-state index contributed by atoms with van der Waals surface area (Å²) in [5.74, 6) is 0. The maximum atomic E-state index is 6.06. The lowest BCUT2D eigenvalue weighted by Crippen LogP contribution is -2.01. The molecule has 1 aromatic carbocycles. The first kappa shape index (κ1) is 12.8. The average molecular weight is 246 g/mol. The Morgan fingerprint density at radius 3 is 2.78 bits per heavy atom. The van der Waals surface area contributed by atoms with Crippen LogP contribution in [-0.4, -0.2) is 25.8 Å². The first-order valence-electron chi connectivity index (χ1n) is 5.91. The molecule has 0 aliphatic heterocycles. The van der Waals surface area contributed by atoms with Crippen LogP contribution in [0.5, 0.6) is 0 Å². The highest BCUT2D eigenvalue weighted by Crippen LogP contribution is 2.24. The van der Waals surface area contributed by atoms with Crippen molar-refractivity contribution < 1.29 is 9.47 Å². The lowest BCUT2D eigenvalue weighted by atomic mass is 10.1. The predicted octanol–water partition coefficient (Wildman–Crippen LogP) is 2.15. The minimum atomic E-state index is 0.471. The number of hydrogen-bond donors (Lipinski definition) is 1. The van der Waals surface area contributed by atoms with E-state index in [1.54, 1.807) is 14.2 Å². The number of nitrogens with zero attached hydrogens (tertiary/aromatic N) is 1. The Hall–Kier alpha value is -1.65. The molecule has 4 nitrogen and oxygen atoms in total. The van der Waals surface area contributed by atoms with Gasteiger partial charge in [-0.25, -0.2) is 4.98 Å². The first-order valence-corrected chi connectivity index (χ1v) is 5.91. The number of pyridine rings is 1. The van der Waals surface area contributed by atoms with Crippen LogP contribution in [0.15, 0.2) is 24.3 Å². The summed E-state index contributed by atoms with van der Waals surface area (Å²) in [6.45, 7) is 1.15. The van der Waals surface area contributed by atoms with Gasteiger partial charge in [-0.05, 0) is 18.1 Å². The van der Waals surface area contributed by atoms with Crippen LogP contribution >= 0.6 is 0 Å². The summed E-state index contributed by atoms with van der Waals surface area (Å²) in [5.41, 5.74) is 9.75. The van der Waals surface area contributed by atoms with E-state index in [9.17, 15) is 0 Å². The van der Waals surface area contributed by atoms with Crippen LogP contribution in [0.1, 0.15) is 11.3 Å². The summed E-state index contributed by atoms with van der Waals surface area (Å²) in [5, 5.41) is 0.989. The molecule has 0 amide bonds. The summed E-state index contributed by atoms with van der Waals surface area (Å²) in [6, 6.07) is 7.92. The average Bonchev–Trinajstić information content (AvgIpc) is 2.37. The van der Waals surface area contributed by atoms with Crippen molar-refractivity contribution in [3.05, 3.63) is 35.5 Å². The highest BCUT2D eigenvalue weighted by molar-refractivity contribution is 5.92. The third kappa shape index (κ3) is 2.60. The van der Waals surface area contributed by atoms with Crippen LogP contribution in [0.4, 0.5) is 5.69 Å². The van der Waals surface area contributed by atoms with E-state index in [4.69, 9.17) is 15.2 Å². The van der Waals surface area contributed by atoms with Crippen LogP contribution in [0.3, 0.4) is 0 Å². The van der Waals surface area contributed by atoms with Crippen molar-refractivity contribution >= 4 is 16.6 Å². The first-order chi connectivity index (χ1) is 8.76. The molecule has 96 valence electrons. The van der Waals surface area contributed by atoms with Gasteiger partial charge in [0.15, 0.2) is 0 Å². The van der Waals surface area contributed by atoms with Crippen molar-refractivity contribution in [2.24, 2.45) is 0 Å². The van der Waals surface area contributed by atoms with Gasteiger partial charge in [-0.2, -0.15) is 0 Å². The number of rotatable bonds is 5. The summed E-state index contributed by atoms with van der Waals surface area (Å²) < 4.78 is 10.2. The van der Waals surface area contributed by atoms with Gasteiger partial charge in [0.1, 0.15) is 0 Å². The van der Waals surface area contributed by atoms with Crippen LogP contribution in [-0.2, 0) is 22.5 Å². The SMILES string of the molecule is COCCc1cccc2c(N)cc(COC)nc12. The van der Waals surface area contributed by atoms with Gasteiger partial charge in [-0.3, -0.25) is 0 Å². The van der Waals surface area contributed by atoms with E-state index in [1.165, 1.54) is 0 Å². The van der Waals surface area contributed by atoms with E-state index >= 15 is 0 Å². The van der Waals surface area contributed by atoms with Crippen LogP contribution in [0.25, 0.3) is 10.9 Å². The van der Waals surface area contributed by atoms with Gasteiger partial charge < -0.3 is 15.2 Å². The third-order valence-electron chi connectivity index (χ3n) is 2.88. The fourth-order valence-electron chi connectivity index (χ4n) is 2.03. The smallest absolute Gasteiger partial charge is 0.0885 e. The van der Waals surface area contributed by atoms with Crippen molar-refractivity contribution in [2.45, 2.75) is 13.0 Å². The zero-order valence-electron chi connectivity index (χ0n) is 10.8. The summed E-state index contributed by atoms with van der Waals surface area (Å²) >= 11 is 0. The van der Waals surface area contributed by atoms with Crippen LogP contribution in [0.2, 0.25) is 0 Å². The van der Waals surface area contributed by atoms with Crippen molar-refractivity contribution in [3.63, 3.8) is 0 Å². The lowest BCUT2D eigenvalue weighted by molar-refractivity contribution is 0.182. The zero-order chi connectivity index (χ0) is 13.0. The van der Waals surface area contributed by atoms with Crippen molar-refractivity contribution in [2.75, 3.05) is 26.6 Å². The molecule has 0 saturated carbocycles. The third-order valence-corrected chi connectivity index (χ3v) is 2.88. The second-order valence-corrected chi connectivity index (χ2v) is 4.19. The van der Waals surface area contributed by atoms with E-state index in [-0.39, 0.29) is 0 Å². The van der Waals surface area contributed by atoms with Gasteiger partial charge in [0, 0.05) is 25.3 Å². The number of aromatic nitrogens is 1. The van der Waals surface area contributed by atoms with Gasteiger partial charge >= 0.3 is 0 Å². The number of nitrogen functional groups attached to an aromatic ring is 1. The Morgan fingerprint density at radius 2 is 2.06 bits per heavy atom. The monoisotopic (exact) mass is 246 g/mol. The Balaban J connectivity index is 2.51. The number of methoxy groups -OCH3 is 2. The summed E-state index contributed by atoms with van der Waals surface area (Å²) in [6.07, 6.45) is 0.830.